The largest absolute Gasteiger partial charge is 0.481 e. The van der Waals surface area contributed by atoms with Crippen molar-refractivity contribution in [1.29, 1.82) is 0 Å². The average molecular weight is 191 g/mol. The number of rotatable bonds is 2. The van der Waals surface area contributed by atoms with E-state index in [1.54, 1.807) is 0 Å². The van der Waals surface area contributed by atoms with Gasteiger partial charge in [0.2, 0.25) is 0 Å². The molecule has 0 fully saturated rings. The summed E-state index contributed by atoms with van der Waals surface area (Å²) in [5, 5.41) is 8.74. The van der Waals surface area contributed by atoms with Crippen LogP contribution < -0.4 is 5.73 Å². The maximum Gasteiger partial charge on any atom is 0.305 e. The molecule has 1 aromatic rings. The van der Waals surface area contributed by atoms with Gasteiger partial charge in [-0.1, -0.05) is 24.3 Å². The lowest BCUT2D eigenvalue weighted by Gasteiger charge is -2.20. The van der Waals surface area contributed by atoms with Crippen LogP contribution in [0.5, 0.6) is 0 Å². The van der Waals surface area contributed by atoms with Crippen LogP contribution in [0.3, 0.4) is 0 Å². The van der Waals surface area contributed by atoms with Crippen molar-refractivity contribution in [3.63, 3.8) is 0 Å². The van der Waals surface area contributed by atoms with Gasteiger partial charge in [-0.05, 0) is 24.0 Å². The van der Waals surface area contributed by atoms with E-state index in [2.05, 4.69) is 0 Å². The fourth-order valence-electron chi connectivity index (χ4n) is 2.15. The van der Waals surface area contributed by atoms with Crippen molar-refractivity contribution >= 4 is 5.97 Å². The molecule has 0 saturated carbocycles. The Kier molecular flexibility index (Phi) is 2.04. The Labute approximate surface area is 82.5 Å². The Balaban J connectivity index is 2.21. The number of carboxylic acid groups (broad SMARTS) is 1. The molecular weight excluding hydrogens is 178 g/mol. The predicted octanol–water partition coefficient (Wildman–Crippen LogP) is 0.957. The molecule has 74 valence electrons. The third-order valence-electron chi connectivity index (χ3n) is 2.71. The minimum atomic E-state index is -0.819. The predicted molar refractivity (Wildman–Crippen MR) is 53.0 cm³/mol. The van der Waals surface area contributed by atoms with Gasteiger partial charge >= 0.3 is 5.97 Å². The van der Waals surface area contributed by atoms with Crippen molar-refractivity contribution in [2.24, 2.45) is 5.73 Å². The van der Waals surface area contributed by atoms with Crippen LogP contribution in [0.4, 0.5) is 0 Å². The molecule has 0 saturated heterocycles. The highest BCUT2D eigenvalue weighted by Gasteiger charge is 2.35. The quantitative estimate of drug-likeness (QED) is 0.731. The van der Waals surface area contributed by atoms with Gasteiger partial charge in [-0.2, -0.15) is 0 Å². The number of nitrogens with two attached hydrogens (primary N) is 1. The van der Waals surface area contributed by atoms with Gasteiger partial charge in [0, 0.05) is 5.54 Å². The van der Waals surface area contributed by atoms with Crippen molar-refractivity contribution in [3.05, 3.63) is 35.4 Å². The van der Waals surface area contributed by atoms with E-state index in [-0.39, 0.29) is 6.42 Å². The van der Waals surface area contributed by atoms with E-state index in [9.17, 15) is 4.79 Å². The van der Waals surface area contributed by atoms with E-state index in [1.165, 1.54) is 11.1 Å². The van der Waals surface area contributed by atoms with Gasteiger partial charge in [-0.25, -0.2) is 0 Å². The summed E-state index contributed by atoms with van der Waals surface area (Å²) in [5.74, 6) is -0.819. The molecule has 3 nitrogen and oxygen atoms in total. The molecule has 14 heavy (non-hydrogen) atoms. The summed E-state index contributed by atoms with van der Waals surface area (Å²) >= 11 is 0. The van der Waals surface area contributed by atoms with E-state index in [0.717, 1.165) is 0 Å². The van der Waals surface area contributed by atoms with Crippen LogP contribution >= 0.6 is 0 Å². The lowest BCUT2D eigenvalue weighted by Crippen LogP contribution is -2.42. The third-order valence-corrected chi connectivity index (χ3v) is 2.71. The van der Waals surface area contributed by atoms with Gasteiger partial charge in [-0.15, -0.1) is 0 Å². The maximum absolute atomic E-state index is 10.6. The first-order valence-corrected chi connectivity index (χ1v) is 4.67. The highest BCUT2D eigenvalue weighted by molar-refractivity contribution is 5.69. The van der Waals surface area contributed by atoms with E-state index < -0.39 is 11.5 Å². The van der Waals surface area contributed by atoms with Crippen LogP contribution in [0.1, 0.15) is 17.5 Å². The molecule has 2 rings (SSSR count). The molecule has 0 radical (unpaired) electrons. The number of carbonyl (C=O) groups is 1. The molecule has 0 spiro atoms. The number of hydrogen-bond acceptors (Lipinski definition) is 2. The Morgan fingerprint density at radius 2 is 1.86 bits per heavy atom. The maximum atomic E-state index is 10.6. The first-order chi connectivity index (χ1) is 6.59. The fourth-order valence-corrected chi connectivity index (χ4v) is 2.15. The second-order valence-electron chi connectivity index (χ2n) is 4.06. The van der Waals surface area contributed by atoms with Crippen molar-refractivity contribution < 1.29 is 9.90 Å². The normalized spacial score (nSPS) is 17.8. The van der Waals surface area contributed by atoms with Crippen LogP contribution in [0.15, 0.2) is 24.3 Å². The monoisotopic (exact) mass is 191 g/mol. The molecule has 0 bridgehead atoms. The van der Waals surface area contributed by atoms with Crippen LogP contribution in [0.2, 0.25) is 0 Å². The molecule has 0 unspecified atom stereocenters. The first-order valence-electron chi connectivity index (χ1n) is 4.67. The topological polar surface area (TPSA) is 63.3 Å². The van der Waals surface area contributed by atoms with Gasteiger partial charge in [0.15, 0.2) is 0 Å². The van der Waals surface area contributed by atoms with Crippen LogP contribution in [0, 0.1) is 0 Å². The zero-order chi connectivity index (χ0) is 10.2. The van der Waals surface area contributed by atoms with Crippen LogP contribution in [0.25, 0.3) is 0 Å². The molecule has 1 aliphatic rings. The standard InChI is InChI=1S/C11H13NO2/c12-11(7-10(13)14)5-8-3-1-2-4-9(8)6-11/h1-4H,5-7,12H2,(H,13,14). The second-order valence-corrected chi connectivity index (χ2v) is 4.06. The van der Waals surface area contributed by atoms with Crippen molar-refractivity contribution in [2.45, 2.75) is 24.8 Å². The Morgan fingerprint density at radius 1 is 1.36 bits per heavy atom. The van der Waals surface area contributed by atoms with Gasteiger partial charge < -0.3 is 10.8 Å². The smallest absolute Gasteiger partial charge is 0.305 e. The Bertz CT molecular complexity index is 348. The van der Waals surface area contributed by atoms with Crippen molar-refractivity contribution in [2.75, 3.05) is 0 Å². The first kappa shape index (κ1) is 9.21. The number of hydrogen-bond donors (Lipinski definition) is 2. The van der Waals surface area contributed by atoms with Gasteiger partial charge in [-0.3, -0.25) is 4.79 Å². The Morgan fingerprint density at radius 3 is 2.29 bits per heavy atom. The number of aliphatic carboxylic acids is 1. The van der Waals surface area contributed by atoms with Crippen LogP contribution in [-0.4, -0.2) is 16.6 Å². The zero-order valence-corrected chi connectivity index (χ0v) is 7.86. The highest BCUT2D eigenvalue weighted by Crippen LogP contribution is 2.30. The second kappa shape index (κ2) is 3.10. The molecule has 0 amide bonds. The number of carboxylic acids is 1. The molecule has 0 atom stereocenters. The minimum Gasteiger partial charge on any atom is -0.481 e. The van der Waals surface area contributed by atoms with Gasteiger partial charge in [0.1, 0.15) is 0 Å². The lowest BCUT2D eigenvalue weighted by atomic mass is 9.93. The lowest BCUT2D eigenvalue weighted by molar-refractivity contribution is -0.138. The number of benzene rings is 1. The summed E-state index contributed by atoms with van der Waals surface area (Å²) in [5.41, 5.74) is 7.84. The molecule has 0 aromatic heterocycles. The molecule has 3 N–H and O–H groups in total. The summed E-state index contributed by atoms with van der Waals surface area (Å²) < 4.78 is 0. The third kappa shape index (κ3) is 1.63. The molecule has 3 heteroatoms. The summed E-state index contributed by atoms with van der Waals surface area (Å²) in [6.07, 6.45) is 1.40. The zero-order valence-electron chi connectivity index (χ0n) is 7.86. The van der Waals surface area contributed by atoms with E-state index in [4.69, 9.17) is 10.8 Å². The molecule has 0 aliphatic heterocycles. The van der Waals surface area contributed by atoms with Crippen molar-refractivity contribution in [3.8, 4) is 0 Å². The summed E-state index contributed by atoms with van der Waals surface area (Å²) in [7, 11) is 0. The Hall–Kier alpha value is -1.35. The van der Waals surface area contributed by atoms with E-state index in [1.807, 2.05) is 24.3 Å². The molecule has 1 aliphatic carbocycles. The number of fused-ring (bicyclic) bond motifs is 1. The molecular formula is C11H13NO2. The van der Waals surface area contributed by atoms with E-state index in [0.29, 0.717) is 12.8 Å². The van der Waals surface area contributed by atoms with Gasteiger partial charge in [0.25, 0.3) is 0 Å². The van der Waals surface area contributed by atoms with Crippen LogP contribution in [-0.2, 0) is 17.6 Å². The minimum absolute atomic E-state index is 0.0433. The SMILES string of the molecule is NC1(CC(=O)O)Cc2ccccc2C1. The molecule has 0 heterocycles. The van der Waals surface area contributed by atoms with Crippen molar-refractivity contribution in [1.82, 2.24) is 0 Å². The average Bonchev–Trinajstić information content (AvgIpc) is 2.38. The molecule has 1 aromatic carbocycles. The summed E-state index contributed by atoms with van der Waals surface area (Å²) in [6, 6.07) is 7.97. The van der Waals surface area contributed by atoms with Gasteiger partial charge in [0.05, 0.1) is 6.42 Å². The summed E-state index contributed by atoms with van der Waals surface area (Å²) in [4.78, 5) is 10.6. The fraction of sp³-hybridized carbons (Fsp3) is 0.364. The van der Waals surface area contributed by atoms with E-state index >= 15 is 0 Å². The summed E-state index contributed by atoms with van der Waals surface area (Å²) in [6.45, 7) is 0. The highest BCUT2D eigenvalue weighted by atomic mass is 16.4.